The second-order valence-corrected chi connectivity index (χ2v) is 7.34. The lowest BCUT2D eigenvalue weighted by Gasteiger charge is -2.22. The van der Waals surface area contributed by atoms with Crippen LogP contribution in [0.1, 0.15) is 25.7 Å². The van der Waals surface area contributed by atoms with Gasteiger partial charge in [0.15, 0.2) is 0 Å². The van der Waals surface area contributed by atoms with Crippen molar-refractivity contribution in [3.63, 3.8) is 0 Å². The number of hydrogen-bond donors (Lipinski definition) is 4. The van der Waals surface area contributed by atoms with Crippen molar-refractivity contribution >= 4 is 11.8 Å². The predicted molar refractivity (Wildman–Crippen MR) is 82.9 cm³/mol. The molecule has 0 unspecified atom stereocenters. The maximum Gasteiger partial charge on any atom is 0.302 e. The Morgan fingerprint density at radius 3 is 1.46 bits per heavy atom. The number of hydrogen-bond acceptors (Lipinski definition) is 8. The van der Waals surface area contributed by atoms with E-state index in [4.69, 9.17) is 10.2 Å². The molecule has 4 rings (SSSR count). The van der Waals surface area contributed by atoms with Crippen LogP contribution in [0.5, 0.6) is 0 Å². The number of nitro groups is 2. The zero-order valence-electron chi connectivity index (χ0n) is 13.8. The molecule has 0 radical (unpaired) electrons. The number of carbonyl (C=O) groups is 2. The number of carbonyl (C=O) groups excluding carboxylic acids is 2. The lowest BCUT2D eigenvalue weighted by molar-refractivity contribution is -0.527. The van der Waals surface area contributed by atoms with E-state index in [0.29, 0.717) is 25.7 Å². The Bertz CT molecular complexity index is 615. The molecule has 4 aliphatic rings. The SMILES string of the molecule is O=C1N[C@H](CO)C[C@H]2C[C@@]12[N+](=O)[O-].O=C1N[C@H](CO)C[C@H]2C[C@@]12[N+](=O)[O-]. The minimum absolute atomic E-state index is 0.143. The van der Waals surface area contributed by atoms with Crippen molar-refractivity contribution in [3.05, 3.63) is 20.2 Å². The molecule has 0 spiro atoms. The van der Waals surface area contributed by atoms with Crippen molar-refractivity contribution in [1.29, 1.82) is 0 Å². The molecular weight excluding hydrogens is 352 g/mol. The summed E-state index contributed by atoms with van der Waals surface area (Å²) in [6.07, 6.45) is 1.68. The van der Waals surface area contributed by atoms with Gasteiger partial charge in [0.05, 0.1) is 25.3 Å². The number of nitrogens with zero attached hydrogens (tertiary/aromatic N) is 2. The highest BCUT2D eigenvalue weighted by Crippen LogP contribution is 2.52. The van der Waals surface area contributed by atoms with E-state index >= 15 is 0 Å². The first-order chi connectivity index (χ1) is 12.2. The normalized spacial score (nSPS) is 42.1. The van der Waals surface area contributed by atoms with Gasteiger partial charge in [-0.05, 0) is 12.8 Å². The Kier molecular flexibility index (Phi) is 4.35. The topological polar surface area (TPSA) is 185 Å². The van der Waals surface area contributed by atoms with E-state index in [0.717, 1.165) is 0 Å². The van der Waals surface area contributed by atoms with Crippen LogP contribution >= 0.6 is 0 Å². The molecule has 26 heavy (non-hydrogen) atoms. The largest absolute Gasteiger partial charge is 0.394 e. The number of rotatable bonds is 4. The third-order valence-corrected chi connectivity index (χ3v) is 5.83. The molecule has 12 nitrogen and oxygen atoms in total. The first-order valence-electron chi connectivity index (χ1n) is 8.35. The van der Waals surface area contributed by atoms with Crippen molar-refractivity contribution < 1.29 is 29.6 Å². The van der Waals surface area contributed by atoms with Gasteiger partial charge in [0, 0.05) is 34.5 Å². The van der Waals surface area contributed by atoms with Crippen LogP contribution in [0.3, 0.4) is 0 Å². The van der Waals surface area contributed by atoms with E-state index in [1.54, 1.807) is 0 Å². The molecule has 2 heterocycles. The zero-order chi connectivity index (χ0) is 19.3. The Balaban J connectivity index is 0.000000151. The van der Waals surface area contributed by atoms with Crippen molar-refractivity contribution in [2.75, 3.05) is 13.2 Å². The zero-order valence-corrected chi connectivity index (χ0v) is 13.8. The first kappa shape index (κ1) is 18.5. The molecule has 2 aliphatic carbocycles. The first-order valence-corrected chi connectivity index (χ1v) is 8.35. The van der Waals surface area contributed by atoms with Crippen LogP contribution in [0.4, 0.5) is 0 Å². The van der Waals surface area contributed by atoms with Gasteiger partial charge in [-0.25, -0.2) is 0 Å². The minimum atomic E-state index is -1.36. The summed E-state index contributed by atoms with van der Waals surface area (Å²) < 4.78 is 0. The van der Waals surface area contributed by atoms with Gasteiger partial charge >= 0.3 is 11.1 Å². The summed E-state index contributed by atoms with van der Waals surface area (Å²) in [6, 6.07) is -0.596. The van der Waals surface area contributed by atoms with Gasteiger partial charge in [0.1, 0.15) is 0 Å². The standard InChI is InChI=1S/2C7H10N2O4/c2*10-3-5-1-4-2-7(4,9(12)13)6(11)8-5/h2*4-5,10H,1-3H2,(H,8,11)/t2*4-,5-,7-/m00/s1. The van der Waals surface area contributed by atoms with Gasteiger partial charge in [0.25, 0.3) is 11.8 Å². The molecule has 0 aromatic rings. The van der Waals surface area contributed by atoms with Gasteiger partial charge in [-0.2, -0.15) is 0 Å². The lowest BCUT2D eigenvalue weighted by Crippen LogP contribution is -2.53. The van der Waals surface area contributed by atoms with Crippen LogP contribution in [0.2, 0.25) is 0 Å². The Hall–Kier alpha value is -2.34. The Labute approximate surface area is 147 Å². The highest BCUT2D eigenvalue weighted by molar-refractivity contribution is 5.90. The fourth-order valence-corrected chi connectivity index (χ4v) is 4.03. The minimum Gasteiger partial charge on any atom is -0.394 e. The van der Waals surface area contributed by atoms with Gasteiger partial charge < -0.3 is 20.8 Å². The van der Waals surface area contributed by atoms with E-state index in [1.807, 2.05) is 0 Å². The van der Waals surface area contributed by atoms with Crippen LogP contribution in [0, 0.1) is 32.1 Å². The maximum atomic E-state index is 11.3. The summed E-state index contributed by atoms with van der Waals surface area (Å²) in [5.74, 6) is -1.41. The van der Waals surface area contributed by atoms with Gasteiger partial charge in [-0.15, -0.1) is 0 Å². The number of fused-ring (bicyclic) bond motifs is 2. The summed E-state index contributed by atoms with van der Waals surface area (Å²) in [6.45, 7) is -0.286. The monoisotopic (exact) mass is 372 g/mol. The average molecular weight is 372 g/mol. The van der Waals surface area contributed by atoms with Crippen molar-refractivity contribution in [1.82, 2.24) is 10.6 Å². The van der Waals surface area contributed by atoms with Gasteiger partial charge in [-0.1, -0.05) is 0 Å². The van der Waals surface area contributed by atoms with E-state index in [-0.39, 0.29) is 37.1 Å². The van der Waals surface area contributed by atoms with E-state index < -0.39 is 32.7 Å². The van der Waals surface area contributed by atoms with Crippen LogP contribution in [0.15, 0.2) is 0 Å². The molecule has 2 amide bonds. The smallest absolute Gasteiger partial charge is 0.302 e. The summed E-state index contributed by atoms with van der Waals surface area (Å²) in [7, 11) is 0. The summed E-state index contributed by atoms with van der Waals surface area (Å²) in [4.78, 5) is 42.8. The highest BCUT2D eigenvalue weighted by Gasteiger charge is 2.75. The number of amides is 2. The van der Waals surface area contributed by atoms with Gasteiger partial charge in [-0.3, -0.25) is 29.8 Å². The summed E-state index contributed by atoms with van der Waals surface area (Å²) in [5, 5.41) is 43.7. The van der Waals surface area contributed by atoms with Crippen molar-refractivity contribution in [2.24, 2.45) is 11.8 Å². The number of piperidine rings is 2. The van der Waals surface area contributed by atoms with Crippen molar-refractivity contribution in [3.8, 4) is 0 Å². The molecule has 12 heteroatoms. The molecule has 2 saturated heterocycles. The molecule has 2 aliphatic heterocycles. The maximum absolute atomic E-state index is 11.3. The summed E-state index contributed by atoms with van der Waals surface area (Å²) in [5.41, 5.74) is -2.71. The molecule has 0 aromatic heterocycles. The predicted octanol–water partition coefficient (Wildman–Crippen LogP) is -2.19. The van der Waals surface area contributed by atoms with Crippen LogP contribution < -0.4 is 10.6 Å². The number of nitrogens with one attached hydrogen (secondary N) is 2. The third kappa shape index (κ3) is 2.60. The lowest BCUT2D eigenvalue weighted by atomic mass is 10.0. The van der Waals surface area contributed by atoms with E-state index in [1.165, 1.54) is 0 Å². The Morgan fingerprint density at radius 1 is 0.885 bits per heavy atom. The molecule has 0 aromatic carbocycles. The van der Waals surface area contributed by atoms with E-state index in [2.05, 4.69) is 10.6 Å². The molecule has 0 bridgehead atoms. The van der Waals surface area contributed by atoms with Gasteiger partial charge in [0.2, 0.25) is 0 Å². The van der Waals surface area contributed by atoms with Crippen LogP contribution in [0.25, 0.3) is 0 Å². The molecule has 6 atom stereocenters. The molecule has 144 valence electrons. The third-order valence-electron chi connectivity index (χ3n) is 5.83. The van der Waals surface area contributed by atoms with E-state index in [9.17, 15) is 29.8 Å². The fraction of sp³-hybridized carbons (Fsp3) is 0.857. The summed E-state index contributed by atoms with van der Waals surface area (Å²) >= 11 is 0. The molecule has 4 fully saturated rings. The van der Waals surface area contributed by atoms with Crippen LogP contribution in [-0.2, 0) is 9.59 Å². The second-order valence-electron chi connectivity index (χ2n) is 7.34. The number of aliphatic hydroxyl groups excluding tert-OH is 2. The highest BCUT2D eigenvalue weighted by atomic mass is 16.6. The number of aliphatic hydroxyl groups is 2. The van der Waals surface area contributed by atoms with Crippen LogP contribution in [-0.4, -0.2) is 68.2 Å². The second kappa shape index (κ2) is 6.13. The Morgan fingerprint density at radius 2 is 1.23 bits per heavy atom. The molecule has 4 N–H and O–H groups in total. The molecular formula is C14H20N4O8. The average Bonchev–Trinajstić information content (AvgIpc) is 3.47. The van der Waals surface area contributed by atoms with Crippen molar-refractivity contribution in [2.45, 2.75) is 48.8 Å². The fourth-order valence-electron chi connectivity index (χ4n) is 4.03. The molecule has 2 saturated carbocycles. The quantitative estimate of drug-likeness (QED) is 0.316.